The molecule has 7 nitrogen and oxygen atoms in total. The summed E-state index contributed by atoms with van der Waals surface area (Å²) in [5.41, 5.74) is 5.38. The molecule has 1 aromatic rings. The molecule has 0 radical (unpaired) electrons. The zero-order valence-corrected chi connectivity index (χ0v) is 10.2. The van der Waals surface area contributed by atoms with Crippen LogP contribution in [0.15, 0.2) is 0 Å². The number of rotatable bonds is 2. The summed E-state index contributed by atoms with van der Waals surface area (Å²) in [5, 5.41) is 6.21. The summed E-state index contributed by atoms with van der Waals surface area (Å²) in [6.45, 7) is 7.55. The van der Waals surface area contributed by atoms with Crippen LogP contribution in [-0.4, -0.2) is 63.1 Å². The molecule has 0 atom stereocenters. The summed E-state index contributed by atoms with van der Waals surface area (Å²) in [4.78, 5) is 20.0. The first-order chi connectivity index (χ1) is 8.08. The van der Waals surface area contributed by atoms with Crippen molar-refractivity contribution < 1.29 is 4.79 Å². The number of nitrogens with one attached hydrogen (secondary N) is 1. The average Bonchev–Trinajstić information content (AvgIpc) is 2.75. The Morgan fingerprint density at radius 2 is 2.00 bits per heavy atom. The summed E-state index contributed by atoms with van der Waals surface area (Å²) in [7, 11) is 0. The van der Waals surface area contributed by atoms with Gasteiger partial charge in [-0.15, -0.1) is 5.10 Å². The van der Waals surface area contributed by atoms with Crippen LogP contribution in [0.5, 0.6) is 0 Å². The van der Waals surface area contributed by atoms with Crippen molar-refractivity contribution in [2.45, 2.75) is 19.9 Å². The van der Waals surface area contributed by atoms with Crippen molar-refractivity contribution in [3.8, 4) is 0 Å². The molecule has 0 bridgehead atoms. The number of carbonyl (C=O) groups is 1. The summed E-state index contributed by atoms with van der Waals surface area (Å²) in [6.07, 6.45) is 0. The second kappa shape index (κ2) is 4.70. The molecule has 17 heavy (non-hydrogen) atoms. The van der Waals surface area contributed by atoms with Crippen LogP contribution in [0.25, 0.3) is 0 Å². The number of anilines is 1. The number of piperazine rings is 1. The van der Waals surface area contributed by atoms with E-state index in [9.17, 15) is 4.79 Å². The highest BCUT2D eigenvalue weighted by molar-refractivity contribution is 5.90. The van der Waals surface area contributed by atoms with Crippen LogP contribution in [0.2, 0.25) is 0 Å². The quantitative estimate of drug-likeness (QED) is 0.728. The SMILES string of the molecule is CC(C)N1CCN(C(=O)c2nc(N)n[nH]2)CC1. The van der Waals surface area contributed by atoms with E-state index in [0.717, 1.165) is 26.2 Å². The second-order valence-corrected chi connectivity index (χ2v) is 4.46. The number of nitrogen functional groups attached to an aromatic ring is 1. The van der Waals surface area contributed by atoms with Crippen LogP contribution in [0.3, 0.4) is 0 Å². The highest BCUT2D eigenvalue weighted by Crippen LogP contribution is 2.08. The number of aromatic nitrogens is 3. The van der Waals surface area contributed by atoms with Gasteiger partial charge in [-0.2, -0.15) is 4.98 Å². The van der Waals surface area contributed by atoms with Gasteiger partial charge >= 0.3 is 0 Å². The summed E-state index contributed by atoms with van der Waals surface area (Å²) in [5.74, 6) is 0.201. The number of nitrogens with zero attached hydrogens (tertiary/aromatic N) is 4. The van der Waals surface area contributed by atoms with E-state index in [4.69, 9.17) is 5.73 Å². The van der Waals surface area contributed by atoms with Gasteiger partial charge in [0, 0.05) is 32.2 Å². The Balaban J connectivity index is 1.95. The van der Waals surface area contributed by atoms with Crippen molar-refractivity contribution in [3.05, 3.63) is 5.82 Å². The molecule has 0 spiro atoms. The average molecular weight is 238 g/mol. The van der Waals surface area contributed by atoms with E-state index in [1.807, 2.05) is 0 Å². The van der Waals surface area contributed by atoms with Crippen molar-refractivity contribution in [2.24, 2.45) is 0 Å². The first-order valence-corrected chi connectivity index (χ1v) is 5.79. The maximum atomic E-state index is 12.0. The molecule has 0 aromatic carbocycles. The maximum absolute atomic E-state index is 12.0. The number of carbonyl (C=O) groups excluding carboxylic acids is 1. The Kier molecular flexibility index (Phi) is 3.28. The Hall–Kier alpha value is -1.63. The molecule has 1 fully saturated rings. The molecule has 0 saturated carbocycles. The normalized spacial score (nSPS) is 17.7. The number of nitrogens with two attached hydrogens (primary N) is 1. The molecular formula is C10H18N6O. The second-order valence-electron chi connectivity index (χ2n) is 4.46. The molecule has 0 aliphatic carbocycles. The minimum atomic E-state index is -0.127. The van der Waals surface area contributed by atoms with E-state index >= 15 is 0 Å². The van der Waals surface area contributed by atoms with Crippen molar-refractivity contribution in [3.63, 3.8) is 0 Å². The number of hydrogen-bond acceptors (Lipinski definition) is 5. The number of aromatic amines is 1. The molecule has 0 unspecified atom stereocenters. The van der Waals surface area contributed by atoms with Crippen LogP contribution in [0.4, 0.5) is 5.95 Å². The standard InChI is InChI=1S/C10H18N6O/c1-7(2)15-3-5-16(6-4-15)9(17)8-12-10(11)14-13-8/h7H,3-6H2,1-2H3,(H3,11,12,13,14). The third kappa shape index (κ3) is 2.55. The van der Waals surface area contributed by atoms with Gasteiger partial charge in [-0.3, -0.25) is 14.8 Å². The Bertz CT molecular complexity index is 393. The van der Waals surface area contributed by atoms with Crippen molar-refractivity contribution >= 4 is 11.9 Å². The number of amides is 1. The summed E-state index contributed by atoms with van der Waals surface area (Å²) < 4.78 is 0. The van der Waals surface area contributed by atoms with E-state index in [1.54, 1.807) is 4.90 Å². The van der Waals surface area contributed by atoms with E-state index in [0.29, 0.717) is 6.04 Å². The van der Waals surface area contributed by atoms with Gasteiger partial charge in [0.05, 0.1) is 0 Å². The maximum Gasteiger partial charge on any atom is 0.291 e. The van der Waals surface area contributed by atoms with Gasteiger partial charge in [0.15, 0.2) is 0 Å². The highest BCUT2D eigenvalue weighted by Gasteiger charge is 2.25. The molecule has 7 heteroatoms. The highest BCUT2D eigenvalue weighted by atomic mass is 16.2. The fraction of sp³-hybridized carbons (Fsp3) is 0.700. The first-order valence-electron chi connectivity index (χ1n) is 5.79. The molecule has 2 heterocycles. The molecule has 3 N–H and O–H groups in total. The number of H-pyrrole nitrogens is 1. The van der Waals surface area contributed by atoms with Gasteiger partial charge in [-0.05, 0) is 13.8 Å². The van der Waals surface area contributed by atoms with E-state index < -0.39 is 0 Å². The topological polar surface area (TPSA) is 91.1 Å². The molecule has 1 aliphatic heterocycles. The minimum absolute atomic E-state index is 0.106. The lowest BCUT2D eigenvalue weighted by molar-refractivity contribution is 0.0584. The molecule has 94 valence electrons. The van der Waals surface area contributed by atoms with Gasteiger partial charge in [0.2, 0.25) is 11.8 Å². The Morgan fingerprint density at radius 3 is 2.47 bits per heavy atom. The minimum Gasteiger partial charge on any atom is -0.366 e. The molecule has 1 amide bonds. The fourth-order valence-corrected chi connectivity index (χ4v) is 1.96. The van der Waals surface area contributed by atoms with Crippen molar-refractivity contribution in [1.29, 1.82) is 0 Å². The van der Waals surface area contributed by atoms with Gasteiger partial charge in [-0.1, -0.05) is 0 Å². The zero-order chi connectivity index (χ0) is 12.4. The van der Waals surface area contributed by atoms with Crippen LogP contribution in [0, 0.1) is 0 Å². The molecule has 1 aliphatic rings. The third-order valence-electron chi connectivity index (χ3n) is 3.04. The Labute approximate surface area is 100.0 Å². The lowest BCUT2D eigenvalue weighted by Crippen LogP contribution is -2.50. The predicted octanol–water partition coefficient (Wildman–Crippen LogP) is -0.447. The third-order valence-corrected chi connectivity index (χ3v) is 3.04. The van der Waals surface area contributed by atoms with E-state index in [-0.39, 0.29) is 17.7 Å². The van der Waals surface area contributed by atoms with Crippen LogP contribution < -0.4 is 5.73 Å². The van der Waals surface area contributed by atoms with Crippen LogP contribution in [0.1, 0.15) is 24.5 Å². The predicted molar refractivity (Wildman–Crippen MR) is 63.4 cm³/mol. The molecule has 2 rings (SSSR count). The number of hydrogen-bond donors (Lipinski definition) is 2. The smallest absolute Gasteiger partial charge is 0.291 e. The monoisotopic (exact) mass is 238 g/mol. The molecule has 1 aromatic heterocycles. The molecular weight excluding hydrogens is 220 g/mol. The first kappa shape index (κ1) is 11.8. The van der Waals surface area contributed by atoms with E-state index in [1.165, 1.54) is 0 Å². The fourth-order valence-electron chi connectivity index (χ4n) is 1.96. The van der Waals surface area contributed by atoms with Crippen molar-refractivity contribution in [1.82, 2.24) is 25.0 Å². The Morgan fingerprint density at radius 1 is 1.35 bits per heavy atom. The van der Waals surface area contributed by atoms with Crippen molar-refractivity contribution in [2.75, 3.05) is 31.9 Å². The van der Waals surface area contributed by atoms with Gasteiger partial charge in [0.1, 0.15) is 0 Å². The van der Waals surface area contributed by atoms with E-state index in [2.05, 4.69) is 33.9 Å². The lowest BCUT2D eigenvalue weighted by Gasteiger charge is -2.36. The van der Waals surface area contributed by atoms with Crippen LogP contribution in [-0.2, 0) is 0 Å². The summed E-state index contributed by atoms with van der Waals surface area (Å²) >= 11 is 0. The van der Waals surface area contributed by atoms with Gasteiger partial charge in [0.25, 0.3) is 5.91 Å². The zero-order valence-electron chi connectivity index (χ0n) is 10.2. The molecule has 1 saturated heterocycles. The lowest BCUT2D eigenvalue weighted by atomic mass is 10.2. The van der Waals surface area contributed by atoms with Gasteiger partial charge in [-0.25, -0.2) is 0 Å². The van der Waals surface area contributed by atoms with Gasteiger partial charge < -0.3 is 10.6 Å². The largest absolute Gasteiger partial charge is 0.366 e. The summed E-state index contributed by atoms with van der Waals surface area (Å²) in [6, 6.07) is 0.521. The van der Waals surface area contributed by atoms with Crippen LogP contribution >= 0.6 is 0 Å².